The Labute approximate surface area is 103 Å². The second-order valence-electron chi connectivity index (χ2n) is 5.41. The summed E-state index contributed by atoms with van der Waals surface area (Å²) in [4.78, 5) is 1.29. The molecule has 1 fully saturated rings. The van der Waals surface area contributed by atoms with Crippen LogP contribution in [0.25, 0.3) is 0 Å². The summed E-state index contributed by atoms with van der Waals surface area (Å²) < 4.78 is 0. The third kappa shape index (κ3) is 1.93. The van der Waals surface area contributed by atoms with Gasteiger partial charge >= 0.3 is 0 Å². The number of aryl methyl sites for hydroxylation is 1. The average molecular weight is 238 g/mol. The number of hydrogen-bond donors (Lipinski definition) is 1. The predicted molar refractivity (Wildman–Crippen MR) is 69.7 cm³/mol. The highest BCUT2D eigenvalue weighted by Crippen LogP contribution is 2.46. The third-order valence-corrected chi connectivity index (χ3v) is 4.91. The fourth-order valence-corrected chi connectivity index (χ4v) is 4.02. The molecule has 2 unspecified atom stereocenters. The summed E-state index contributed by atoms with van der Waals surface area (Å²) in [7, 11) is 0. The Kier molecular flexibility index (Phi) is 3.41. The van der Waals surface area contributed by atoms with E-state index in [4.69, 9.17) is 0 Å². The molecule has 1 heterocycles. The molecule has 0 spiro atoms. The van der Waals surface area contributed by atoms with Crippen molar-refractivity contribution in [3.8, 4) is 0 Å². The molecule has 1 nitrogen and oxygen atoms in total. The SMILES string of the molecule is Cc1sccc1C1(O)CCCCC1C(C)C. The van der Waals surface area contributed by atoms with Crippen molar-refractivity contribution in [1.29, 1.82) is 0 Å². The molecule has 1 N–H and O–H groups in total. The zero-order valence-electron chi connectivity index (χ0n) is 10.5. The predicted octanol–water partition coefficient (Wildman–Crippen LogP) is 4.09. The Morgan fingerprint density at radius 2 is 2.19 bits per heavy atom. The monoisotopic (exact) mass is 238 g/mol. The molecular weight excluding hydrogens is 216 g/mol. The van der Waals surface area contributed by atoms with Crippen LogP contribution in [0.4, 0.5) is 0 Å². The fraction of sp³-hybridized carbons (Fsp3) is 0.714. The summed E-state index contributed by atoms with van der Waals surface area (Å²) in [6, 6.07) is 2.13. The van der Waals surface area contributed by atoms with E-state index in [2.05, 4.69) is 32.2 Å². The van der Waals surface area contributed by atoms with Crippen molar-refractivity contribution in [2.45, 2.75) is 52.1 Å². The Hall–Kier alpha value is -0.340. The van der Waals surface area contributed by atoms with Crippen molar-refractivity contribution in [1.82, 2.24) is 0 Å². The van der Waals surface area contributed by atoms with E-state index in [-0.39, 0.29) is 0 Å². The van der Waals surface area contributed by atoms with Gasteiger partial charge in [0.1, 0.15) is 0 Å². The zero-order valence-corrected chi connectivity index (χ0v) is 11.3. The fourth-order valence-electron chi connectivity index (χ4n) is 3.24. The molecule has 1 aliphatic carbocycles. The quantitative estimate of drug-likeness (QED) is 0.822. The van der Waals surface area contributed by atoms with Crippen LogP contribution in [0.1, 0.15) is 50.0 Å². The molecule has 90 valence electrons. The second kappa shape index (κ2) is 4.50. The van der Waals surface area contributed by atoms with Crippen molar-refractivity contribution in [3.63, 3.8) is 0 Å². The number of hydrogen-bond acceptors (Lipinski definition) is 2. The van der Waals surface area contributed by atoms with Crippen LogP contribution in [0, 0.1) is 18.8 Å². The molecule has 0 aliphatic heterocycles. The van der Waals surface area contributed by atoms with Crippen molar-refractivity contribution in [3.05, 3.63) is 21.9 Å². The molecule has 16 heavy (non-hydrogen) atoms. The van der Waals surface area contributed by atoms with E-state index >= 15 is 0 Å². The van der Waals surface area contributed by atoms with E-state index in [1.807, 2.05) is 0 Å². The van der Waals surface area contributed by atoms with Crippen molar-refractivity contribution >= 4 is 11.3 Å². The summed E-state index contributed by atoms with van der Waals surface area (Å²) >= 11 is 1.75. The van der Waals surface area contributed by atoms with Gasteiger partial charge in [-0.25, -0.2) is 0 Å². The smallest absolute Gasteiger partial charge is 0.0937 e. The summed E-state index contributed by atoms with van der Waals surface area (Å²) in [5.74, 6) is 0.985. The highest BCUT2D eigenvalue weighted by molar-refractivity contribution is 7.10. The van der Waals surface area contributed by atoms with E-state index < -0.39 is 5.60 Å². The van der Waals surface area contributed by atoms with Gasteiger partial charge in [-0.2, -0.15) is 0 Å². The molecule has 0 aromatic carbocycles. The average Bonchev–Trinajstić information content (AvgIpc) is 2.65. The molecule has 0 amide bonds. The minimum atomic E-state index is -0.559. The maximum atomic E-state index is 11.0. The lowest BCUT2D eigenvalue weighted by molar-refractivity contribution is -0.0722. The normalized spacial score (nSPS) is 30.9. The first-order chi connectivity index (χ1) is 7.55. The molecule has 0 radical (unpaired) electrons. The minimum Gasteiger partial charge on any atom is -0.385 e. The maximum absolute atomic E-state index is 11.0. The van der Waals surface area contributed by atoms with Gasteiger partial charge in [0.2, 0.25) is 0 Å². The van der Waals surface area contributed by atoms with Gasteiger partial charge in [-0.05, 0) is 48.6 Å². The largest absolute Gasteiger partial charge is 0.385 e. The Morgan fingerprint density at radius 1 is 1.44 bits per heavy atom. The molecule has 0 bridgehead atoms. The van der Waals surface area contributed by atoms with Crippen LogP contribution in [0.15, 0.2) is 11.4 Å². The van der Waals surface area contributed by atoms with E-state index in [1.54, 1.807) is 11.3 Å². The first-order valence-corrected chi connectivity index (χ1v) is 7.20. The lowest BCUT2D eigenvalue weighted by Crippen LogP contribution is -2.40. The third-order valence-electron chi connectivity index (χ3n) is 4.07. The highest BCUT2D eigenvalue weighted by Gasteiger charge is 2.42. The van der Waals surface area contributed by atoms with Crippen molar-refractivity contribution in [2.24, 2.45) is 11.8 Å². The Morgan fingerprint density at radius 3 is 2.75 bits per heavy atom. The van der Waals surface area contributed by atoms with E-state index in [1.165, 1.54) is 23.3 Å². The number of rotatable bonds is 2. The van der Waals surface area contributed by atoms with Gasteiger partial charge in [0.05, 0.1) is 5.60 Å². The van der Waals surface area contributed by atoms with Gasteiger partial charge in [-0.15, -0.1) is 11.3 Å². The van der Waals surface area contributed by atoms with Crippen LogP contribution in [0.2, 0.25) is 0 Å². The molecule has 2 rings (SSSR count). The van der Waals surface area contributed by atoms with Crippen LogP contribution in [0.3, 0.4) is 0 Å². The van der Waals surface area contributed by atoms with Crippen molar-refractivity contribution in [2.75, 3.05) is 0 Å². The lowest BCUT2D eigenvalue weighted by atomic mass is 9.67. The zero-order chi connectivity index (χ0) is 11.8. The van der Waals surface area contributed by atoms with Gasteiger partial charge in [-0.3, -0.25) is 0 Å². The minimum absolute atomic E-state index is 0.426. The highest BCUT2D eigenvalue weighted by atomic mass is 32.1. The molecule has 1 aromatic heterocycles. The van der Waals surface area contributed by atoms with Crippen LogP contribution in [-0.2, 0) is 5.60 Å². The van der Waals surface area contributed by atoms with E-state index in [9.17, 15) is 5.11 Å². The number of aliphatic hydroxyl groups is 1. The molecule has 1 aliphatic rings. The first-order valence-electron chi connectivity index (χ1n) is 6.32. The molecular formula is C14H22OS. The molecule has 1 saturated carbocycles. The van der Waals surface area contributed by atoms with E-state index in [0.717, 1.165) is 12.8 Å². The summed E-state index contributed by atoms with van der Waals surface area (Å²) in [5.41, 5.74) is 0.632. The Balaban J connectivity index is 2.37. The first kappa shape index (κ1) is 12.1. The van der Waals surface area contributed by atoms with Crippen LogP contribution in [-0.4, -0.2) is 5.11 Å². The van der Waals surface area contributed by atoms with E-state index in [0.29, 0.717) is 11.8 Å². The second-order valence-corrected chi connectivity index (χ2v) is 6.53. The summed E-state index contributed by atoms with van der Waals surface area (Å²) in [5, 5.41) is 13.2. The molecule has 1 aromatic rings. The van der Waals surface area contributed by atoms with Crippen molar-refractivity contribution < 1.29 is 5.11 Å². The summed E-state index contributed by atoms with van der Waals surface area (Å²) in [6.07, 6.45) is 4.54. The molecule has 2 atom stereocenters. The van der Waals surface area contributed by atoms with Crippen LogP contribution >= 0.6 is 11.3 Å². The van der Waals surface area contributed by atoms with Crippen LogP contribution < -0.4 is 0 Å². The lowest BCUT2D eigenvalue weighted by Gasteiger charge is -2.42. The van der Waals surface area contributed by atoms with Gasteiger partial charge < -0.3 is 5.11 Å². The van der Waals surface area contributed by atoms with Gasteiger partial charge in [0.25, 0.3) is 0 Å². The molecule has 2 heteroatoms. The van der Waals surface area contributed by atoms with Gasteiger partial charge in [-0.1, -0.05) is 26.7 Å². The molecule has 0 saturated heterocycles. The Bertz CT molecular complexity index is 355. The standard InChI is InChI=1S/C14H22OS/c1-10(2)12-6-4-5-8-14(12,15)13-7-9-16-11(13)3/h7,9-10,12,15H,4-6,8H2,1-3H3. The number of thiophene rings is 1. The van der Waals surface area contributed by atoms with Crippen LogP contribution in [0.5, 0.6) is 0 Å². The van der Waals surface area contributed by atoms with Gasteiger partial charge in [0.15, 0.2) is 0 Å². The summed E-state index contributed by atoms with van der Waals surface area (Å²) in [6.45, 7) is 6.61. The maximum Gasteiger partial charge on any atom is 0.0937 e. The van der Waals surface area contributed by atoms with Gasteiger partial charge in [0, 0.05) is 4.88 Å². The topological polar surface area (TPSA) is 20.2 Å².